The van der Waals surface area contributed by atoms with Crippen LogP contribution in [-0.4, -0.2) is 22.3 Å². The summed E-state index contributed by atoms with van der Waals surface area (Å²) in [5, 5.41) is 3.19. The Morgan fingerprint density at radius 1 is 1.18 bits per heavy atom. The van der Waals surface area contributed by atoms with Gasteiger partial charge in [0.25, 0.3) is 0 Å². The third-order valence-corrected chi connectivity index (χ3v) is 4.18. The van der Waals surface area contributed by atoms with Crippen LogP contribution < -0.4 is 16.8 Å². The molecule has 0 saturated carbocycles. The van der Waals surface area contributed by atoms with Crippen LogP contribution in [0.4, 0.5) is 11.6 Å². The molecule has 6 nitrogen and oxygen atoms in total. The number of carbonyl (C=O) groups excluding carboxylic acids is 1. The first-order chi connectivity index (χ1) is 13.6. The highest BCUT2D eigenvalue weighted by Crippen LogP contribution is 2.19. The predicted octanol–water partition coefficient (Wildman–Crippen LogP) is 4.00. The molecule has 0 unspecified atom stereocenters. The summed E-state index contributed by atoms with van der Waals surface area (Å²) in [6.07, 6.45) is 1.54. The summed E-state index contributed by atoms with van der Waals surface area (Å²) >= 11 is 0. The molecule has 150 valence electrons. The quantitative estimate of drug-likeness (QED) is 0.440. The Hall–Kier alpha value is -3.69. The second-order valence-electron chi connectivity index (χ2n) is 6.13. The molecule has 6 heteroatoms. The topological polar surface area (TPSA) is 107 Å². The van der Waals surface area contributed by atoms with Crippen LogP contribution in [0.2, 0.25) is 0 Å². The molecule has 0 bridgehead atoms. The Morgan fingerprint density at radius 2 is 1.96 bits per heavy atom. The number of ketones is 1. The van der Waals surface area contributed by atoms with Crippen molar-refractivity contribution in [3.05, 3.63) is 83.2 Å². The third-order valence-electron chi connectivity index (χ3n) is 4.18. The van der Waals surface area contributed by atoms with Crippen LogP contribution in [0, 0.1) is 11.8 Å². The van der Waals surface area contributed by atoms with Gasteiger partial charge in [-0.15, -0.1) is 5.92 Å². The molecule has 1 atom stereocenters. The number of aromatic nitrogens is 2. The number of nitrogen functional groups attached to an aromatic ring is 1. The number of nitrogens with two attached hydrogens (primary N) is 2. The summed E-state index contributed by atoms with van der Waals surface area (Å²) in [7, 11) is 0. The molecule has 0 saturated heterocycles. The number of nitrogens with zero attached hydrogens (tertiary/aromatic N) is 2. The first-order valence-corrected chi connectivity index (χ1v) is 8.83. The third kappa shape index (κ3) is 4.34. The Labute approximate surface area is 171 Å². The Kier molecular flexibility index (Phi) is 6.00. The minimum Gasteiger partial charge on any atom is -0.383 e. The molecule has 0 aliphatic carbocycles. The molecular weight excluding hydrogens is 350 g/mol. The maximum atomic E-state index is 13.0. The standard InChI is InChI=1S/C22H21N5O.5H2/c1-2-7-16-11-12-19(26-14-18(23)15-8-4-3-5-9-15)27-20(16)21(28)17-10-6-13-25-22(17)24;;;;;/h3-6,8-13,18H,14,23H2,1H3,(H2,24,25)(H,26,27);5*1H/t18-;;;;;/m1...../s1. The Balaban J connectivity index is -0.00000180. The molecule has 0 amide bonds. The molecule has 0 aliphatic rings. The molecule has 0 spiro atoms. The number of hydrogen-bond donors (Lipinski definition) is 3. The number of pyridine rings is 2. The molecule has 3 rings (SSSR count). The molecule has 2 aromatic heterocycles. The van der Waals surface area contributed by atoms with E-state index in [0.29, 0.717) is 23.5 Å². The zero-order valence-corrected chi connectivity index (χ0v) is 15.5. The van der Waals surface area contributed by atoms with E-state index < -0.39 is 0 Å². The van der Waals surface area contributed by atoms with Crippen LogP contribution in [0.15, 0.2) is 60.8 Å². The van der Waals surface area contributed by atoms with Crippen LogP contribution in [0.5, 0.6) is 0 Å². The molecule has 0 radical (unpaired) electrons. The highest BCUT2D eigenvalue weighted by Gasteiger charge is 2.18. The SMILES string of the molecule is CC#Cc1ccc(NC[C@@H](N)c2ccccc2)nc1C(=O)c1cccnc1N.[HH].[HH].[HH].[HH].[HH]. The minimum absolute atomic E-state index is 0. The largest absolute Gasteiger partial charge is 0.383 e. The zero-order valence-electron chi connectivity index (χ0n) is 15.5. The van der Waals surface area contributed by atoms with Gasteiger partial charge in [-0.25, -0.2) is 9.97 Å². The van der Waals surface area contributed by atoms with Gasteiger partial charge < -0.3 is 16.8 Å². The van der Waals surface area contributed by atoms with Crippen LogP contribution in [-0.2, 0) is 0 Å². The summed E-state index contributed by atoms with van der Waals surface area (Å²) in [6, 6.07) is 16.4. The van der Waals surface area contributed by atoms with Crippen molar-refractivity contribution in [1.82, 2.24) is 9.97 Å². The van der Waals surface area contributed by atoms with E-state index in [-0.39, 0.29) is 30.5 Å². The zero-order chi connectivity index (χ0) is 19.9. The minimum atomic E-state index is -0.320. The Morgan fingerprint density at radius 3 is 2.68 bits per heavy atom. The van der Waals surface area contributed by atoms with Crippen molar-refractivity contribution in [2.24, 2.45) is 5.73 Å². The van der Waals surface area contributed by atoms with Gasteiger partial charge in [0, 0.05) is 25.9 Å². The molecule has 0 fully saturated rings. The van der Waals surface area contributed by atoms with Crippen LogP contribution >= 0.6 is 0 Å². The highest BCUT2D eigenvalue weighted by atomic mass is 16.1. The molecule has 5 N–H and O–H groups in total. The van der Waals surface area contributed by atoms with Gasteiger partial charge >= 0.3 is 0 Å². The lowest BCUT2D eigenvalue weighted by atomic mass is 10.0. The second-order valence-corrected chi connectivity index (χ2v) is 6.13. The van der Waals surface area contributed by atoms with Crippen molar-refractivity contribution < 1.29 is 11.9 Å². The number of rotatable bonds is 6. The molecule has 2 heterocycles. The fourth-order valence-electron chi connectivity index (χ4n) is 2.74. The smallest absolute Gasteiger partial charge is 0.216 e. The van der Waals surface area contributed by atoms with E-state index in [4.69, 9.17) is 11.5 Å². The fraction of sp³-hybridized carbons (Fsp3) is 0.136. The maximum Gasteiger partial charge on any atom is 0.216 e. The number of carbonyl (C=O) groups is 1. The van der Waals surface area contributed by atoms with Crippen molar-refractivity contribution in [2.75, 3.05) is 17.6 Å². The summed E-state index contributed by atoms with van der Waals surface area (Å²) in [5.41, 5.74) is 14.2. The van der Waals surface area contributed by atoms with E-state index in [2.05, 4.69) is 27.1 Å². The lowest BCUT2D eigenvalue weighted by Crippen LogP contribution is -2.21. The van der Waals surface area contributed by atoms with Gasteiger partial charge in [-0.2, -0.15) is 0 Å². The molecule has 0 aliphatic heterocycles. The van der Waals surface area contributed by atoms with E-state index in [1.807, 2.05) is 30.3 Å². The lowest BCUT2D eigenvalue weighted by Gasteiger charge is -2.14. The monoisotopic (exact) mass is 381 g/mol. The first kappa shape index (κ1) is 19.1. The summed E-state index contributed by atoms with van der Waals surface area (Å²) in [5.74, 6) is 6.11. The lowest BCUT2D eigenvalue weighted by molar-refractivity contribution is 0.103. The van der Waals surface area contributed by atoms with Gasteiger partial charge in [-0.1, -0.05) is 36.3 Å². The van der Waals surface area contributed by atoms with E-state index in [1.165, 1.54) is 6.20 Å². The van der Waals surface area contributed by atoms with E-state index in [0.717, 1.165) is 5.56 Å². The van der Waals surface area contributed by atoms with Gasteiger partial charge in [0.2, 0.25) is 5.78 Å². The van der Waals surface area contributed by atoms with E-state index in [9.17, 15) is 4.79 Å². The van der Waals surface area contributed by atoms with E-state index in [1.54, 1.807) is 31.2 Å². The molecule has 1 aromatic carbocycles. The van der Waals surface area contributed by atoms with Crippen molar-refractivity contribution in [2.45, 2.75) is 13.0 Å². The molecule has 28 heavy (non-hydrogen) atoms. The average molecular weight is 382 g/mol. The highest BCUT2D eigenvalue weighted by molar-refractivity contribution is 6.11. The van der Waals surface area contributed by atoms with Gasteiger partial charge in [-0.05, 0) is 36.8 Å². The number of hydrogen-bond acceptors (Lipinski definition) is 6. The van der Waals surface area contributed by atoms with Gasteiger partial charge in [-0.3, -0.25) is 4.79 Å². The second kappa shape index (κ2) is 8.80. The van der Waals surface area contributed by atoms with Crippen molar-refractivity contribution in [3.63, 3.8) is 0 Å². The van der Waals surface area contributed by atoms with Crippen LogP contribution in [0.25, 0.3) is 0 Å². The summed E-state index contributed by atoms with van der Waals surface area (Å²) in [4.78, 5) is 21.4. The van der Waals surface area contributed by atoms with Crippen LogP contribution in [0.1, 0.15) is 47.3 Å². The molecule has 3 aromatic rings. The van der Waals surface area contributed by atoms with Crippen molar-refractivity contribution >= 4 is 17.4 Å². The van der Waals surface area contributed by atoms with E-state index >= 15 is 0 Å². The Bertz CT molecular complexity index is 1060. The van der Waals surface area contributed by atoms with Crippen molar-refractivity contribution in [1.29, 1.82) is 0 Å². The number of anilines is 2. The van der Waals surface area contributed by atoms with Gasteiger partial charge in [0.05, 0.1) is 11.1 Å². The summed E-state index contributed by atoms with van der Waals surface area (Å²) < 4.78 is 0. The predicted molar refractivity (Wildman–Crippen MR) is 121 cm³/mol. The number of benzene rings is 1. The number of nitrogens with one attached hydrogen (secondary N) is 1. The summed E-state index contributed by atoms with van der Waals surface area (Å²) in [6.45, 7) is 2.18. The normalized spacial score (nSPS) is 11.2. The van der Waals surface area contributed by atoms with Crippen LogP contribution in [0.3, 0.4) is 0 Å². The molecular formula is C22H31N5O. The van der Waals surface area contributed by atoms with Gasteiger partial charge in [0.1, 0.15) is 17.3 Å². The first-order valence-electron chi connectivity index (χ1n) is 8.83. The van der Waals surface area contributed by atoms with Gasteiger partial charge in [0.15, 0.2) is 0 Å². The maximum absolute atomic E-state index is 13.0. The van der Waals surface area contributed by atoms with Crippen molar-refractivity contribution in [3.8, 4) is 11.8 Å². The fourth-order valence-corrected chi connectivity index (χ4v) is 2.74. The average Bonchev–Trinajstić information content (AvgIpc) is 2.73.